The monoisotopic (exact) mass is 708 g/mol. The Morgan fingerprint density at radius 2 is 0.643 bits per heavy atom. The lowest BCUT2D eigenvalue weighted by atomic mass is 9.83. The van der Waals surface area contributed by atoms with Crippen molar-refractivity contribution in [2.24, 2.45) is 0 Å². The third-order valence-corrected chi connectivity index (χ3v) is 11.6. The van der Waals surface area contributed by atoms with E-state index >= 15 is 0 Å². The second-order valence-corrected chi connectivity index (χ2v) is 14.8. The minimum absolute atomic E-state index is 1.21. The van der Waals surface area contributed by atoms with Gasteiger partial charge in [-0.05, 0) is 140 Å². The Labute approximate surface area is 326 Å². The molecule has 0 aromatic heterocycles. The molecule has 0 spiro atoms. The molecule has 0 unspecified atom stereocenters. The third kappa shape index (κ3) is 5.30. The van der Waals surface area contributed by atoms with E-state index in [1.165, 1.54) is 109 Å². The first-order chi connectivity index (χ1) is 27.8. The fourth-order valence-electron chi connectivity index (χ4n) is 9.06. The molecule has 0 heteroatoms. The molecule has 56 heavy (non-hydrogen) atoms. The molecule has 0 atom stereocenters. The minimum Gasteiger partial charge on any atom is -0.0622 e. The molecule has 0 aliphatic carbocycles. The van der Waals surface area contributed by atoms with Gasteiger partial charge in [0.15, 0.2) is 0 Å². The predicted molar refractivity (Wildman–Crippen MR) is 241 cm³/mol. The average Bonchev–Trinajstić information content (AvgIpc) is 3.28. The van der Waals surface area contributed by atoms with Gasteiger partial charge in [0.05, 0.1) is 0 Å². The molecule has 0 nitrogen and oxygen atoms in total. The van der Waals surface area contributed by atoms with Crippen LogP contribution < -0.4 is 0 Å². The predicted octanol–water partition coefficient (Wildman–Crippen LogP) is 15.8. The standard InChI is InChI=1S/C56H36/c1-3-16-37(17-4-1)42-32-43(38-18-5-2-6-19-38)34-44(33-42)56-51-27-13-11-25-49(51)55(50-26-12-14-28-52(50)56)41-31-30-40-35-54(48-24-10-9-23-47(48)53(40)36-41)46-29-15-21-39-20-7-8-22-45(39)46/h1-36H. The molecular weight excluding hydrogens is 673 g/mol. The quantitative estimate of drug-likeness (QED) is 0.123. The summed E-state index contributed by atoms with van der Waals surface area (Å²) in [5.74, 6) is 0. The van der Waals surface area contributed by atoms with Gasteiger partial charge in [0.1, 0.15) is 0 Å². The first-order valence-electron chi connectivity index (χ1n) is 19.4. The molecule has 0 saturated heterocycles. The zero-order valence-electron chi connectivity index (χ0n) is 30.8. The van der Waals surface area contributed by atoms with E-state index < -0.39 is 0 Å². The molecule has 0 amide bonds. The molecule has 11 rings (SSSR count). The van der Waals surface area contributed by atoms with Crippen molar-refractivity contribution in [2.45, 2.75) is 0 Å². The summed E-state index contributed by atoms with van der Waals surface area (Å²) in [6.45, 7) is 0. The highest BCUT2D eigenvalue weighted by Crippen LogP contribution is 2.47. The minimum atomic E-state index is 1.21. The summed E-state index contributed by atoms with van der Waals surface area (Å²) in [4.78, 5) is 0. The van der Waals surface area contributed by atoms with Crippen LogP contribution in [0, 0.1) is 0 Å². The van der Waals surface area contributed by atoms with Crippen molar-refractivity contribution >= 4 is 53.9 Å². The van der Waals surface area contributed by atoms with E-state index in [-0.39, 0.29) is 0 Å². The average molecular weight is 709 g/mol. The van der Waals surface area contributed by atoms with Gasteiger partial charge in [-0.25, -0.2) is 0 Å². The maximum atomic E-state index is 2.43. The van der Waals surface area contributed by atoms with Gasteiger partial charge < -0.3 is 0 Å². The van der Waals surface area contributed by atoms with Crippen LogP contribution in [0.3, 0.4) is 0 Å². The Morgan fingerprint density at radius 1 is 0.179 bits per heavy atom. The van der Waals surface area contributed by atoms with Gasteiger partial charge in [0.2, 0.25) is 0 Å². The lowest BCUT2D eigenvalue weighted by Gasteiger charge is -2.20. The van der Waals surface area contributed by atoms with E-state index in [0.717, 1.165) is 0 Å². The fraction of sp³-hybridized carbons (Fsp3) is 0. The first kappa shape index (κ1) is 32.2. The third-order valence-electron chi connectivity index (χ3n) is 11.6. The van der Waals surface area contributed by atoms with Crippen LogP contribution in [0.1, 0.15) is 0 Å². The second-order valence-electron chi connectivity index (χ2n) is 14.8. The van der Waals surface area contributed by atoms with E-state index in [1.54, 1.807) is 0 Å². The van der Waals surface area contributed by atoms with Crippen molar-refractivity contribution in [1.29, 1.82) is 0 Å². The summed E-state index contributed by atoms with van der Waals surface area (Å²) in [5, 5.41) is 12.6. The normalized spacial score (nSPS) is 11.6. The van der Waals surface area contributed by atoms with Gasteiger partial charge in [-0.2, -0.15) is 0 Å². The zero-order chi connectivity index (χ0) is 37.0. The van der Waals surface area contributed by atoms with Gasteiger partial charge in [0, 0.05) is 0 Å². The highest BCUT2D eigenvalue weighted by Gasteiger charge is 2.19. The Bertz CT molecular complexity index is 3160. The largest absolute Gasteiger partial charge is 0.0622 e. The van der Waals surface area contributed by atoms with E-state index in [2.05, 4.69) is 218 Å². The van der Waals surface area contributed by atoms with Crippen LogP contribution in [0.2, 0.25) is 0 Å². The van der Waals surface area contributed by atoms with Crippen LogP contribution in [0.4, 0.5) is 0 Å². The van der Waals surface area contributed by atoms with E-state index in [4.69, 9.17) is 0 Å². The molecule has 0 aliphatic heterocycles. The zero-order valence-corrected chi connectivity index (χ0v) is 30.8. The SMILES string of the molecule is c1ccc(-c2cc(-c3ccccc3)cc(-c3c4ccccc4c(-c4ccc5cc(-c6cccc7ccccc67)c6ccccc6c5c4)c4ccccc34)c2)cc1. The Balaban J connectivity index is 1.16. The van der Waals surface area contributed by atoms with Crippen LogP contribution in [0.15, 0.2) is 218 Å². The first-order valence-corrected chi connectivity index (χ1v) is 19.4. The van der Waals surface area contributed by atoms with Gasteiger partial charge in [0.25, 0.3) is 0 Å². The smallest absolute Gasteiger partial charge is 0.00259 e. The molecule has 0 heterocycles. The molecule has 0 bridgehead atoms. The number of fused-ring (bicyclic) bond motifs is 6. The van der Waals surface area contributed by atoms with Crippen molar-refractivity contribution in [1.82, 2.24) is 0 Å². The van der Waals surface area contributed by atoms with Gasteiger partial charge in [-0.15, -0.1) is 0 Å². The number of benzene rings is 11. The summed E-state index contributed by atoms with van der Waals surface area (Å²) < 4.78 is 0. The summed E-state index contributed by atoms with van der Waals surface area (Å²) >= 11 is 0. The molecule has 0 saturated carbocycles. The van der Waals surface area contributed by atoms with Gasteiger partial charge in [-0.3, -0.25) is 0 Å². The molecule has 260 valence electrons. The molecule has 0 fully saturated rings. The van der Waals surface area contributed by atoms with Crippen LogP contribution in [0.5, 0.6) is 0 Å². The lowest BCUT2D eigenvalue weighted by Crippen LogP contribution is -1.93. The molecule has 0 N–H and O–H groups in total. The highest BCUT2D eigenvalue weighted by atomic mass is 14.2. The van der Waals surface area contributed by atoms with Crippen molar-refractivity contribution < 1.29 is 0 Å². The molecule has 0 aliphatic rings. The molecule has 0 radical (unpaired) electrons. The topological polar surface area (TPSA) is 0 Å². The van der Waals surface area contributed by atoms with E-state index in [9.17, 15) is 0 Å². The molecule has 11 aromatic carbocycles. The van der Waals surface area contributed by atoms with Gasteiger partial charge in [-0.1, -0.05) is 188 Å². The van der Waals surface area contributed by atoms with Crippen LogP contribution in [0.25, 0.3) is 109 Å². The maximum absolute atomic E-state index is 2.43. The second kappa shape index (κ2) is 13.2. The summed E-state index contributed by atoms with van der Waals surface area (Å²) in [7, 11) is 0. The lowest BCUT2D eigenvalue weighted by molar-refractivity contribution is 1.58. The Hall–Kier alpha value is -7.28. The van der Waals surface area contributed by atoms with Crippen LogP contribution in [-0.2, 0) is 0 Å². The fourth-order valence-corrected chi connectivity index (χ4v) is 9.06. The Morgan fingerprint density at radius 3 is 1.25 bits per heavy atom. The maximum Gasteiger partial charge on any atom is -0.00259 e. The number of hydrogen-bond donors (Lipinski definition) is 0. The highest BCUT2D eigenvalue weighted by molar-refractivity contribution is 6.23. The summed E-state index contributed by atoms with van der Waals surface area (Å²) in [6, 6.07) is 80.4. The molecule has 11 aromatic rings. The van der Waals surface area contributed by atoms with Crippen molar-refractivity contribution in [2.75, 3.05) is 0 Å². The molecular formula is C56H36. The van der Waals surface area contributed by atoms with E-state index in [0.29, 0.717) is 0 Å². The van der Waals surface area contributed by atoms with Gasteiger partial charge >= 0.3 is 0 Å². The Kier molecular flexibility index (Phi) is 7.60. The van der Waals surface area contributed by atoms with Crippen LogP contribution >= 0.6 is 0 Å². The van der Waals surface area contributed by atoms with E-state index in [1.807, 2.05) is 0 Å². The summed E-state index contributed by atoms with van der Waals surface area (Å²) in [5.41, 5.74) is 12.4. The van der Waals surface area contributed by atoms with Crippen molar-refractivity contribution in [3.8, 4) is 55.6 Å². The van der Waals surface area contributed by atoms with Crippen molar-refractivity contribution in [3.63, 3.8) is 0 Å². The van der Waals surface area contributed by atoms with Crippen molar-refractivity contribution in [3.05, 3.63) is 218 Å². The van der Waals surface area contributed by atoms with Crippen LogP contribution in [-0.4, -0.2) is 0 Å². The number of hydrogen-bond acceptors (Lipinski definition) is 0. The summed E-state index contributed by atoms with van der Waals surface area (Å²) in [6.07, 6.45) is 0. The number of rotatable bonds is 5.